The van der Waals surface area contributed by atoms with E-state index in [4.69, 9.17) is 0 Å². The van der Waals surface area contributed by atoms with Crippen LogP contribution in [0.15, 0.2) is 42.5 Å². The first-order valence-electron chi connectivity index (χ1n) is 7.95. The van der Waals surface area contributed by atoms with E-state index in [1.54, 1.807) is 11.4 Å². The van der Waals surface area contributed by atoms with Crippen molar-refractivity contribution in [3.8, 4) is 11.1 Å². The summed E-state index contributed by atoms with van der Waals surface area (Å²) in [5.41, 5.74) is 4.95. The number of benzene rings is 2. The van der Waals surface area contributed by atoms with Gasteiger partial charge in [-0.3, -0.25) is 8.61 Å². The van der Waals surface area contributed by atoms with E-state index >= 15 is 0 Å². The van der Waals surface area contributed by atoms with Gasteiger partial charge in [-0.2, -0.15) is 8.42 Å². The number of aryl methyl sites for hydroxylation is 1. The molecule has 2 aliphatic rings. The highest BCUT2D eigenvalue weighted by atomic mass is 32.2. The van der Waals surface area contributed by atoms with Crippen LogP contribution in [0.4, 0.5) is 11.4 Å². The Kier molecular flexibility index (Phi) is 3.17. The maximum atomic E-state index is 12.7. The van der Waals surface area contributed by atoms with Gasteiger partial charge in [-0.1, -0.05) is 30.3 Å². The molecule has 1 aliphatic heterocycles. The van der Waals surface area contributed by atoms with Gasteiger partial charge < -0.3 is 0 Å². The van der Waals surface area contributed by atoms with Crippen LogP contribution in [0.1, 0.15) is 18.4 Å². The molecular formula is C18H20N2O2S. The van der Waals surface area contributed by atoms with E-state index in [1.165, 1.54) is 9.87 Å². The lowest BCUT2D eigenvalue weighted by Crippen LogP contribution is -2.36. The van der Waals surface area contributed by atoms with Crippen molar-refractivity contribution in [3.63, 3.8) is 0 Å². The molecule has 0 saturated heterocycles. The summed E-state index contributed by atoms with van der Waals surface area (Å²) < 4.78 is 28.3. The zero-order chi connectivity index (χ0) is 16.2. The molecular weight excluding hydrogens is 308 g/mol. The van der Waals surface area contributed by atoms with Gasteiger partial charge in [0.1, 0.15) is 0 Å². The number of nitrogens with zero attached hydrogens (tertiary/aromatic N) is 2. The van der Waals surface area contributed by atoms with E-state index in [9.17, 15) is 8.42 Å². The molecule has 0 radical (unpaired) electrons. The summed E-state index contributed by atoms with van der Waals surface area (Å²) in [6.07, 6.45) is 2.26. The van der Waals surface area contributed by atoms with Crippen LogP contribution in [0.25, 0.3) is 11.1 Å². The van der Waals surface area contributed by atoms with Crippen molar-refractivity contribution in [2.75, 3.05) is 22.2 Å². The third kappa shape index (κ3) is 2.30. The average Bonchev–Trinajstić information content (AvgIpc) is 3.33. The van der Waals surface area contributed by atoms with E-state index < -0.39 is 10.2 Å². The summed E-state index contributed by atoms with van der Waals surface area (Å²) in [5, 5.41) is 0. The van der Waals surface area contributed by atoms with Gasteiger partial charge in [-0.05, 0) is 54.5 Å². The zero-order valence-electron chi connectivity index (χ0n) is 13.4. The zero-order valence-corrected chi connectivity index (χ0v) is 14.2. The normalized spacial score (nSPS) is 19.0. The summed E-state index contributed by atoms with van der Waals surface area (Å²) >= 11 is 0. The molecule has 5 heteroatoms. The van der Waals surface area contributed by atoms with Crippen molar-refractivity contribution in [2.45, 2.75) is 19.8 Å². The number of hydrogen-bond acceptors (Lipinski definition) is 2. The second-order valence-electron chi connectivity index (χ2n) is 6.47. The molecule has 1 fully saturated rings. The van der Waals surface area contributed by atoms with Crippen LogP contribution in [-0.4, -0.2) is 22.0 Å². The molecule has 1 saturated carbocycles. The summed E-state index contributed by atoms with van der Waals surface area (Å²) in [7, 11) is -1.78. The molecule has 4 rings (SSSR count). The Balaban J connectivity index is 1.81. The van der Waals surface area contributed by atoms with Gasteiger partial charge >= 0.3 is 10.2 Å². The lowest BCUT2D eigenvalue weighted by Gasteiger charge is -2.18. The third-order valence-electron chi connectivity index (χ3n) is 4.78. The van der Waals surface area contributed by atoms with Crippen LogP contribution >= 0.6 is 0 Å². The minimum atomic E-state index is -3.42. The Morgan fingerprint density at radius 1 is 1.09 bits per heavy atom. The standard InChI is InChI=1S/C18H20N2O2S/c1-13-5-3-4-6-16(13)15-9-10-17-18(11-15)19(2)23(21,22)20(17)12-14-7-8-14/h3-6,9-11,14H,7-8,12H2,1-2H3. The Morgan fingerprint density at radius 3 is 2.52 bits per heavy atom. The van der Waals surface area contributed by atoms with Gasteiger partial charge in [0.05, 0.1) is 11.4 Å². The molecule has 4 nitrogen and oxygen atoms in total. The maximum Gasteiger partial charge on any atom is 0.326 e. The third-order valence-corrected chi connectivity index (χ3v) is 6.58. The molecule has 0 N–H and O–H groups in total. The van der Waals surface area contributed by atoms with Crippen molar-refractivity contribution >= 4 is 21.6 Å². The molecule has 0 spiro atoms. The largest absolute Gasteiger partial charge is 0.326 e. The van der Waals surface area contributed by atoms with Crippen LogP contribution < -0.4 is 8.61 Å². The number of rotatable bonds is 3. The van der Waals surface area contributed by atoms with E-state index in [0.717, 1.165) is 35.3 Å². The molecule has 2 aromatic carbocycles. The fourth-order valence-corrected chi connectivity index (χ4v) is 4.67. The smallest absolute Gasteiger partial charge is 0.254 e. The van der Waals surface area contributed by atoms with Gasteiger partial charge in [0.25, 0.3) is 0 Å². The van der Waals surface area contributed by atoms with E-state index in [-0.39, 0.29) is 0 Å². The highest BCUT2D eigenvalue weighted by molar-refractivity contribution is 7.94. The maximum absolute atomic E-state index is 12.7. The number of anilines is 2. The van der Waals surface area contributed by atoms with E-state index in [1.807, 2.05) is 30.3 Å². The molecule has 0 amide bonds. The second kappa shape index (κ2) is 4.99. The summed E-state index contributed by atoms with van der Waals surface area (Å²) in [6, 6.07) is 14.1. The topological polar surface area (TPSA) is 40.6 Å². The predicted molar refractivity (Wildman–Crippen MR) is 94.0 cm³/mol. The van der Waals surface area contributed by atoms with Crippen molar-refractivity contribution < 1.29 is 8.42 Å². The average molecular weight is 328 g/mol. The SMILES string of the molecule is Cc1ccccc1-c1ccc2c(c1)N(C)S(=O)(=O)N2CC1CC1. The van der Waals surface area contributed by atoms with Gasteiger partial charge in [0.15, 0.2) is 0 Å². The Labute approximate surface area is 137 Å². The summed E-state index contributed by atoms with van der Waals surface area (Å²) in [5.74, 6) is 0.514. The molecule has 2 aromatic rings. The van der Waals surface area contributed by atoms with Crippen LogP contribution in [0.5, 0.6) is 0 Å². The first-order valence-corrected chi connectivity index (χ1v) is 9.35. The molecule has 120 valence electrons. The van der Waals surface area contributed by atoms with Crippen molar-refractivity contribution in [3.05, 3.63) is 48.0 Å². The minimum Gasteiger partial charge on any atom is -0.254 e. The molecule has 23 heavy (non-hydrogen) atoms. The van der Waals surface area contributed by atoms with Gasteiger partial charge in [0.2, 0.25) is 0 Å². The monoisotopic (exact) mass is 328 g/mol. The fourth-order valence-electron chi connectivity index (χ4n) is 3.17. The predicted octanol–water partition coefficient (Wildman–Crippen LogP) is 3.57. The first-order chi connectivity index (χ1) is 11.0. The summed E-state index contributed by atoms with van der Waals surface area (Å²) in [6.45, 7) is 2.67. The molecule has 0 unspecified atom stereocenters. The van der Waals surface area contributed by atoms with Crippen LogP contribution in [0, 0.1) is 12.8 Å². The van der Waals surface area contributed by atoms with Gasteiger partial charge in [-0.15, -0.1) is 0 Å². The van der Waals surface area contributed by atoms with E-state index in [2.05, 4.69) is 19.1 Å². The lowest BCUT2D eigenvalue weighted by atomic mass is 9.99. The Bertz CT molecular complexity index is 872. The molecule has 0 bridgehead atoms. The lowest BCUT2D eigenvalue weighted by molar-refractivity contribution is 0.590. The highest BCUT2D eigenvalue weighted by Gasteiger charge is 2.40. The van der Waals surface area contributed by atoms with Gasteiger partial charge in [-0.25, -0.2) is 0 Å². The van der Waals surface area contributed by atoms with Gasteiger partial charge in [0, 0.05) is 13.6 Å². The van der Waals surface area contributed by atoms with Crippen molar-refractivity contribution in [1.82, 2.24) is 0 Å². The molecule has 1 aliphatic carbocycles. The number of fused-ring (bicyclic) bond motifs is 1. The molecule has 0 aromatic heterocycles. The fraction of sp³-hybridized carbons (Fsp3) is 0.333. The second-order valence-corrected chi connectivity index (χ2v) is 8.35. The van der Waals surface area contributed by atoms with Crippen molar-refractivity contribution in [1.29, 1.82) is 0 Å². The first kappa shape index (κ1) is 14.6. The molecule has 0 atom stereocenters. The van der Waals surface area contributed by atoms with Crippen LogP contribution in [-0.2, 0) is 10.2 Å². The Hall–Kier alpha value is -2.01. The minimum absolute atomic E-state index is 0.514. The Morgan fingerprint density at radius 2 is 1.83 bits per heavy atom. The van der Waals surface area contributed by atoms with Crippen molar-refractivity contribution in [2.24, 2.45) is 5.92 Å². The highest BCUT2D eigenvalue weighted by Crippen LogP contribution is 2.44. The summed E-state index contributed by atoms with van der Waals surface area (Å²) in [4.78, 5) is 0. The van der Waals surface area contributed by atoms with Crippen LogP contribution in [0.3, 0.4) is 0 Å². The quantitative estimate of drug-likeness (QED) is 0.864. The molecule has 1 heterocycles. The van der Waals surface area contributed by atoms with Crippen LogP contribution in [0.2, 0.25) is 0 Å². The van der Waals surface area contributed by atoms with E-state index in [0.29, 0.717) is 12.5 Å². The number of hydrogen-bond donors (Lipinski definition) is 0.